The first-order valence-corrected chi connectivity index (χ1v) is 6.53. The Hall–Kier alpha value is -1.49. The molecule has 0 bridgehead atoms. The summed E-state index contributed by atoms with van der Waals surface area (Å²) in [6, 6.07) is 7.00. The molecule has 0 aliphatic heterocycles. The van der Waals surface area contributed by atoms with E-state index >= 15 is 0 Å². The van der Waals surface area contributed by atoms with Crippen molar-refractivity contribution in [2.45, 2.75) is 0 Å². The van der Waals surface area contributed by atoms with E-state index in [1.165, 1.54) is 30.3 Å². The molecule has 3 nitrogen and oxygen atoms in total. The van der Waals surface area contributed by atoms with Crippen molar-refractivity contribution in [1.82, 2.24) is 0 Å². The van der Waals surface area contributed by atoms with Gasteiger partial charge in [0.2, 0.25) is 0 Å². The average molecular weight is 334 g/mol. The molecule has 20 heavy (non-hydrogen) atoms. The van der Waals surface area contributed by atoms with Crippen LogP contribution < -0.4 is 11.1 Å². The summed E-state index contributed by atoms with van der Waals surface area (Å²) in [6.07, 6.45) is 0. The number of amides is 1. The van der Waals surface area contributed by atoms with Gasteiger partial charge in [0.15, 0.2) is 5.82 Å². The summed E-state index contributed by atoms with van der Waals surface area (Å²) >= 11 is 17.0. The maximum atomic E-state index is 13.3. The van der Waals surface area contributed by atoms with E-state index in [-0.39, 0.29) is 27.0 Å². The number of anilines is 2. The van der Waals surface area contributed by atoms with E-state index < -0.39 is 11.7 Å². The van der Waals surface area contributed by atoms with Crippen LogP contribution >= 0.6 is 34.8 Å². The van der Waals surface area contributed by atoms with E-state index in [0.29, 0.717) is 5.02 Å². The first-order valence-electron chi connectivity index (χ1n) is 5.39. The quantitative estimate of drug-likeness (QED) is 0.622. The maximum absolute atomic E-state index is 13.3. The molecular weight excluding hydrogens is 326 g/mol. The Labute approximate surface area is 129 Å². The van der Waals surface area contributed by atoms with Gasteiger partial charge < -0.3 is 11.1 Å². The van der Waals surface area contributed by atoms with Crippen LogP contribution in [0.15, 0.2) is 30.3 Å². The lowest BCUT2D eigenvalue weighted by atomic mass is 10.1. The van der Waals surface area contributed by atoms with Crippen LogP contribution in [0.5, 0.6) is 0 Å². The zero-order valence-corrected chi connectivity index (χ0v) is 12.2. The average Bonchev–Trinajstić information content (AvgIpc) is 2.35. The van der Waals surface area contributed by atoms with Gasteiger partial charge in [0, 0.05) is 16.4 Å². The molecule has 2 aromatic carbocycles. The summed E-state index contributed by atoms with van der Waals surface area (Å²) in [5, 5.41) is 2.59. The minimum absolute atomic E-state index is 0.183. The largest absolute Gasteiger partial charge is 0.398 e. The summed E-state index contributed by atoms with van der Waals surface area (Å²) in [5.74, 6) is -1.21. The summed E-state index contributed by atoms with van der Waals surface area (Å²) in [7, 11) is 0. The van der Waals surface area contributed by atoms with Crippen molar-refractivity contribution in [2.24, 2.45) is 0 Å². The number of carbonyl (C=O) groups is 1. The third-order valence-corrected chi connectivity index (χ3v) is 3.29. The fourth-order valence-electron chi connectivity index (χ4n) is 1.57. The molecule has 0 atom stereocenters. The lowest BCUT2D eigenvalue weighted by Crippen LogP contribution is -2.14. The lowest BCUT2D eigenvalue weighted by Gasteiger charge is -2.09. The monoisotopic (exact) mass is 332 g/mol. The van der Waals surface area contributed by atoms with Gasteiger partial charge in [-0.25, -0.2) is 4.39 Å². The molecule has 0 heterocycles. The number of hydrogen-bond acceptors (Lipinski definition) is 2. The van der Waals surface area contributed by atoms with E-state index in [0.717, 1.165) is 0 Å². The van der Waals surface area contributed by atoms with Crippen molar-refractivity contribution < 1.29 is 9.18 Å². The van der Waals surface area contributed by atoms with Crippen molar-refractivity contribution in [3.63, 3.8) is 0 Å². The fraction of sp³-hybridized carbons (Fsp3) is 0. The van der Waals surface area contributed by atoms with Gasteiger partial charge in [-0.05, 0) is 30.3 Å². The Morgan fingerprint density at radius 3 is 2.25 bits per heavy atom. The summed E-state index contributed by atoms with van der Waals surface area (Å²) in [6.45, 7) is 0. The van der Waals surface area contributed by atoms with Crippen molar-refractivity contribution in [2.75, 3.05) is 11.1 Å². The Kier molecular flexibility index (Phi) is 4.38. The van der Waals surface area contributed by atoms with Crippen LogP contribution in [0, 0.1) is 5.82 Å². The topological polar surface area (TPSA) is 55.1 Å². The molecule has 0 fully saturated rings. The molecule has 0 aromatic heterocycles. The molecule has 1 amide bonds. The first kappa shape index (κ1) is 14.9. The number of halogens is 4. The minimum Gasteiger partial charge on any atom is -0.398 e. The number of nitrogens with one attached hydrogen (secondary N) is 1. The summed E-state index contributed by atoms with van der Waals surface area (Å²) in [5.41, 5.74) is 6.44. The van der Waals surface area contributed by atoms with Crippen LogP contribution in [0.4, 0.5) is 15.8 Å². The van der Waals surface area contributed by atoms with Gasteiger partial charge in [-0.1, -0.05) is 34.8 Å². The number of hydrogen-bond donors (Lipinski definition) is 2. The highest BCUT2D eigenvalue weighted by atomic mass is 35.5. The van der Waals surface area contributed by atoms with Gasteiger partial charge in [0.1, 0.15) is 0 Å². The lowest BCUT2D eigenvalue weighted by molar-refractivity contribution is 0.102. The molecule has 2 rings (SSSR count). The zero-order valence-electron chi connectivity index (χ0n) is 9.88. The molecular formula is C13H8Cl3FN2O. The highest BCUT2D eigenvalue weighted by molar-refractivity contribution is 6.35. The van der Waals surface area contributed by atoms with Gasteiger partial charge in [-0.15, -0.1) is 0 Å². The predicted octanol–water partition coefficient (Wildman–Crippen LogP) is 4.62. The van der Waals surface area contributed by atoms with Crippen molar-refractivity contribution in [3.8, 4) is 0 Å². The van der Waals surface area contributed by atoms with Crippen LogP contribution in [0.1, 0.15) is 10.4 Å². The van der Waals surface area contributed by atoms with Crippen LogP contribution in [-0.4, -0.2) is 5.91 Å². The Morgan fingerprint density at radius 1 is 1.10 bits per heavy atom. The molecule has 0 radical (unpaired) electrons. The summed E-state index contributed by atoms with van der Waals surface area (Å²) < 4.78 is 13.3. The van der Waals surface area contributed by atoms with Crippen molar-refractivity contribution in [1.29, 1.82) is 0 Å². The van der Waals surface area contributed by atoms with Crippen LogP contribution in [0.2, 0.25) is 15.1 Å². The smallest absolute Gasteiger partial charge is 0.257 e. The molecule has 0 unspecified atom stereocenters. The highest BCUT2D eigenvalue weighted by Crippen LogP contribution is 2.28. The van der Waals surface area contributed by atoms with Gasteiger partial charge in [0.05, 0.1) is 15.6 Å². The second-order valence-corrected chi connectivity index (χ2v) is 5.19. The third-order valence-electron chi connectivity index (χ3n) is 2.50. The van der Waals surface area contributed by atoms with Gasteiger partial charge in [0.25, 0.3) is 5.91 Å². The molecule has 7 heteroatoms. The Balaban J connectivity index is 2.28. The number of benzene rings is 2. The standard InChI is InChI=1S/C13H8Cl3FN2O/c14-6-1-2-8(11(18)3-6)13(20)19-7-4-9(15)12(17)10(16)5-7/h1-5H,18H2,(H,19,20). The highest BCUT2D eigenvalue weighted by Gasteiger charge is 2.13. The number of nitrogens with two attached hydrogens (primary N) is 1. The molecule has 0 aliphatic carbocycles. The predicted molar refractivity (Wildman–Crippen MR) is 80.2 cm³/mol. The van der Waals surface area contributed by atoms with E-state index in [1.54, 1.807) is 0 Å². The van der Waals surface area contributed by atoms with Crippen molar-refractivity contribution in [3.05, 3.63) is 56.8 Å². The SMILES string of the molecule is Nc1cc(Cl)ccc1C(=O)Nc1cc(Cl)c(F)c(Cl)c1. The van der Waals surface area contributed by atoms with E-state index in [1.807, 2.05) is 0 Å². The van der Waals surface area contributed by atoms with Gasteiger partial charge >= 0.3 is 0 Å². The maximum Gasteiger partial charge on any atom is 0.257 e. The number of nitrogen functional groups attached to an aromatic ring is 1. The Morgan fingerprint density at radius 2 is 1.70 bits per heavy atom. The van der Waals surface area contributed by atoms with Crippen LogP contribution in [0.25, 0.3) is 0 Å². The Bertz CT molecular complexity index is 668. The molecule has 2 aromatic rings. The van der Waals surface area contributed by atoms with E-state index in [2.05, 4.69) is 5.32 Å². The second kappa shape index (κ2) is 5.87. The fourth-order valence-corrected chi connectivity index (χ4v) is 2.23. The number of rotatable bonds is 2. The van der Waals surface area contributed by atoms with E-state index in [4.69, 9.17) is 40.5 Å². The molecule has 3 N–H and O–H groups in total. The molecule has 0 saturated heterocycles. The van der Waals surface area contributed by atoms with Crippen molar-refractivity contribution >= 4 is 52.1 Å². The molecule has 0 aliphatic rings. The number of carbonyl (C=O) groups excluding carboxylic acids is 1. The first-order chi connectivity index (χ1) is 9.38. The molecule has 104 valence electrons. The second-order valence-electron chi connectivity index (χ2n) is 3.94. The zero-order chi connectivity index (χ0) is 14.9. The minimum atomic E-state index is -0.739. The molecule has 0 saturated carbocycles. The van der Waals surface area contributed by atoms with Crippen LogP contribution in [-0.2, 0) is 0 Å². The van der Waals surface area contributed by atoms with Crippen LogP contribution in [0.3, 0.4) is 0 Å². The normalized spacial score (nSPS) is 10.4. The van der Waals surface area contributed by atoms with E-state index in [9.17, 15) is 9.18 Å². The van der Waals surface area contributed by atoms with Gasteiger partial charge in [-0.3, -0.25) is 4.79 Å². The van der Waals surface area contributed by atoms with Gasteiger partial charge in [-0.2, -0.15) is 0 Å². The summed E-state index contributed by atoms with van der Waals surface area (Å²) in [4.78, 5) is 12.0. The molecule has 0 spiro atoms. The third kappa shape index (κ3) is 3.15.